The maximum atomic E-state index is 10.8. The summed E-state index contributed by atoms with van der Waals surface area (Å²) in [4.78, 5) is 27.7. The third-order valence-corrected chi connectivity index (χ3v) is 4.36. The molecule has 3 rings (SSSR count). The number of carbonyl (C=O) groups is 1. The molecule has 0 amide bonds. The number of nitrogens with zero attached hydrogens (tertiary/aromatic N) is 5. The van der Waals surface area contributed by atoms with Crippen molar-refractivity contribution in [3.8, 4) is 0 Å². The van der Waals surface area contributed by atoms with Gasteiger partial charge in [0.2, 0.25) is 0 Å². The summed E-state index contributed by atoms with van der Waals surface area (Å²) in [5, 5.41) is 11.9. The van der Waals surface area contributed by atoms with Gasteiger partial charge in [-0.25, -0.2) is 19.7 Å². The van der Waals surface area contributed by atoms with Crippen LogP contribution in [0.2, 0.25) is 0 Å². The summed E-state index contributed by atoms with van der Waals surface area (Å²) in [7, 11) is 0. The fraction of sp³-hybridized carbons (Fsp3) is 0.385. The summed E-state index contributed by atoms with van der Waals surface area (Å²) in [6, 6.07) is 0. The van der Waals surface area contributed by atoms with Gasteiger partial charge in [-0.2, -0.15) is 0 Å². The van der Waals surface area contributed by atoms with Gasteiger partial charge in [-0.1, -0.05) is 0 Å². The quantitative estimate of drug-likeness (QED) is 0.914. The lowest BCUT2D eigenvalue weighted by atomic mass is 10.3. The molecule has 21 heavy (non-hydrogen) atoms. The van der Waals surface area contributed by atoms with Crippen LogP contribution in [0.15, 0.2) is 17.8 Å². The summed E-state index contributed by atoms with van der Waals surface area (Å²) >= 11 is 1.66. The van der Waals surface area contributed by atoms with Crippen LogP contribution in [0.4, 0.5) is 10.9 Å². The van der Waals surface area contributed by atoms with Crippen LogP contribution in [-0.4, -0.2) is 52.2 Å². The fourth-order valence-electron chi connectivity index (χ4n) is 2.21. The van der Waals surface area contributed by atoms with Crippen LogP contribution in [0.1, 0.15) is 16.2 Å². The van der Waals surface area contributed by atoms with Gasteiger partial charge in [0.1, 0.15) is 5.82 Å². The van der Waals surface area contributed by atoms with Crippen LogP contribution in [0.25, 0.3) is 0 Å². The maximum Gasteiger partial charge on any atom is 0.356 e. The van der Waals surface area contributed by atoms with Crippen molar-refractivity contribution >= 4 is 28.3 Å². The summed E-state index contributed by atoms with van der Waals surface area (Å²) in [6.07, 6.45) is 2.82. The number of aromatic nitrogens is 3. The molecule has 8 heteroatoms. The minimum absolute atomic E-state index is 0.0318. The van der Waals surface area contributed by atoms with Crippen LogP contribution in [0.3, 0.4) is 0 Å². The van der Waals surface area contributed by atoms with Crippen molar-refractivity contribution in [3.05, 3.63) is 29.2 Å². The van der Waals surface area contributed by atoms with E-state index in [9.17, 15) is 4.79 Å². The number of hydrogen-bond acceptors (Lipinski definition) is 7. The van der Waals surface area contributed by atoms with Gasteiger partial charge < -0.3 is 14.9 Å². The highest BCUT2D eigenvalue weighted by molar-refractivity contribution is 7.13. The van der Waals surface area contributed by atoms with Crippen molar-refractivity contribution in [2.45, 2.75) is 6.92 Å². The number of rotatable bonds is 3. The highest BCUT2D eigenvalue weighted by atomic mass is 32.1. The molecule has 0 spiro atoms. The van der Waals surface area contributed by atoms with E-state index in [0.29, 0.717) is 0 Å². The molecular formula is C13H15N5O2S. The highest BCUT2D eigenvalue weighted by Gasteiger charge is 2.20. The van der Waals surface area contributed by atoms with Crippen LogP contribution in [-0.2, 0) is 0 Å². The number of piperazine rings is 1. The van der Waals surface area contributed by atoms with E-state index in [4.69, 9.17) is 5.11 Å². The van der Waals surface area contributed by atoms with E-state index in [-0.39, 0.29) is 5.69 Å². The summed E-state index contributed by atoms with van der Waals surface area (Å²) in [6.45, 7) is 5.37. The first kappa shape index (κ1) is 13.7. The molecule has 110 valence electrons. The average molecular weight is 305 g/mol. The number of carboxylic acid groups (broad SMARTS) is 1. The number of aromatic carboxylic acids is 1. The SMILES string of the molecule is Cc1csc(N2CCN(c3cnc(C(=O)O)cn3)CC2)n1. The molecule has 3 heterocycles. The third-order valence-electron chi connectivity index (χ3n) is 3.34. The third kappa shape index (κ3) is 2.94. The van der Waals surface area contributed by atoms with Crippen LogP contribution >= 0.6 is 11.3 Å². The highest BCUT2D eigenvalue weighted by Crippen LogP contribution is 2.22. The Hall–Kier alpha value is -2.22. The van der Waals surface area contributed by atoms with Gasteiger partial charge >= 0.3 is 5.97 Å². The van der Waals surface area contributed by atoms with E-state index < -0.39 is 5.97 Å². The predicted molar refractivity (Wildman–Crippen MR) is 80.3 cm³/mol. The smallest absolute Gasteiger partial charge is 0.356 e. The Balaban J connectivity index is 1.64. The standard InChI is InChI=1S/C13H15N5O2S/c1-9-8-21-13(16-9)18-4-2-17(3-5-18)11-7-14-10(6-15-11)12(19)20/h6-8H,2-5H2,1H3,(H,19,20). The van der Waals surface area contributed by atoms with Crippen molar-refractivity contribution < 1.29 is 9.90 Å². The first-order valence-electron chi connectivity index (χ1n) is 6.61. The van der Waals surface area contributed by atoms with Gasteiger partial charge in [0.15, 0.2) is 10.8 Å². The van der Waals surface area contributed by atoms with Gasteiger partial charge in [0, 0.05) is 31.6 Å². The molecule has 0 unspecified atom stereocenters. The lowest BCUT2D eigenvalue weighted by Gasteiger charge is -2.35. The number of carboxylic acids is 1. The van der Waals surface area contributed by atoms with Crippen molar-refractivity contribution in [3.63, 3.8) is 0 Å². The number of thiazole rings is 1. The van der Waals surface area contributed by atoms with E-state index in [0.717, 1.165) is 42.8 Å². The first-order chi connectivity index (χ1) is 10.1. The van der Waals surface area contributed by atoms with Gasteiger partial charge in [-0.15, -0.1) is 11.3 Å². The molecule has 2 aromatic heterocycles. The number of hydrogen-bond donors (Lipinski definition) is 1. The van der Waals surface area contributed by atoms with E-state index in [2.05, 4.69) is 30.1 Å². The zero-order valence-corrected chi connectivity index (χ0v) is 12.4. The molecular weight excluding hydrogens is 290 g/mol. The second-order valence-corrected chi connectivity index (χ2v) is 5.65. The summed E-state index contributed by atoms with van der Waals surface area (Å²) in [5.41, 5.74) is 1.02. The molecule has 7 nitrogen and oxygen atoms in total. The second kappa shape index (κ2) is 5.65. The Morgan fingerprint density at radius 2 is 1.90 bits per heavy atom. The van der Waals surface area contributed by atoms with Crippen molar-refractivity contribution in [1.82, 2.24) is 15.0 Å². The van der Waals surface area contributed by atoms with E-state index >= 15 is 0 Å². The minimum Gasteiger partial charge on any atom is -0.476 e. The average Bonchev–Trinajstić information content (AvgIpc) is 2.94. The Kier molecular flexibility index (Phi) is 3.70. The van der Waals surface area contributed by atoms with Crippen molar-refractivity contribution in [1.29, 1.82) is 0 Å². The molecule has 1 N–H and O–H groups in total. The molecule has 0 radical (unpaired) electrons. The summed E-state index contributed by atoms with van der Waals surface area (Å²) < 4.78 is 0. The predicted octanol–water partition coefficient (Wildman–Crippen LogP) is 1.27. The Morgan fingerprint density at radius 1 is 1.19 bits per heavy atom. The zero-order chi connectivity index (χ0) is 14.8. The zero-order valence-electron chi connectivity index (χ0n) is 11.6. The molecule has 0 aliphatic carbocycles. The van der Waals surface area contributed by atoms with E-state index in [1.165, 1.54) is 12.4 Å². The monoisotopic (exact) mass is 305 g/mol. The molecule has 0 aromatic carbocycles. The first-order valence-corrected chi connectivity index (χ1v) is 7.49. The van der Waals surface area contributed by atoms with Crippen LogP contribution in [0.5, 0.6) is 0 Å². The molecule has 0 atom stereocenters. The lowest BCUT2D eigenvalue weighted by molar-refractivity contribution is 0.0690. The van der Waals surface area contributed by atoms with E-state index in [1.54, 1.807) is 11.3 Å². The Bertz CT molecular complexity index is 634. The lowest BCUT2D eigenvalue weighted by Crippen LogP contribution is -2.46. The van der Waals surface area contributed by atoms with Crippen molar-refractivity contribution in [2.75, 3.05) is 36.0 Å². The van der Waals surface area contributed by atoms with Crippen LogP contribution < -0.4 is 9.80 Å². The van der Waals surface area contributed by atoms with Gasteiger partial charge in [-0.05, 0) is 6.92 Å². The molecule has 1 saturated heterocycles. The number of anilines is 2. The van der Waals surface area contributed by atoms with Gasteiger partial charge in [0.05, 0.1) is 18.1 Å². The molecule has 0 saturated carbocycles. The fourth-order valence-corrected chi connectivity index (χ4v) is 3.07. The Labute approximate surface area is 125 Å². The van der Waals surface area contributed by atoms with Gasteiger partial charge in [-0.3, -0.25) is 0 Å². The molecule has 1 aliphatic rings. The number of aryl methyl sites for hydroxylation is 1. The van der Waals surface area contributed by atoms with E-state index in [1.807, 2.05) is 6.92 Å². The largest absolute Gasteiger partial charge is 0.476 e. The summed E-state index contributed by atoms with van der Waals surface area (Å²) in [5.74, 6) is -0.340. The molecule has 1 fully saturated rings. The van der Waals surface area contributed by atoms with Crippen molar-refractivity contribution in [2.24, 2.45) is 0 Å². The molecule has 1 aliphatic heterocycles. The van der Waals surface area contributed by atoms with Gasteiger partial charge in [0.25, 0.3) is 0 Å². The minimum atomic E-state index is -1.06. The topological polar surface area (TPSA) is 82.5 Å². The maximum absolute atomic E-state index is 10.8. The Morgan fingerprint density at radius 3 is 2.43 bits per heavy atom. The normalized spacial score (nSPS) is 15.3. The molecule has 2 aromatic rings. The molecule has 0 bridgehead atoms. The second-order valence-electron chi connectivity index (χ2n) is 4.81. The van der Waals surface area contributed by atoms with Crippen LogP contribution in [0, 0.1) is 6.92 Å².